The first-order valence-electron chi connectivity index (χ1n) is 3.16. The van der Waals surface area contributed by atoms with Crippen LogP contribution in [0.15, 0.2) is 0 Å². The third kappa shape index (κ3) is 4.72. The molecule has 0 aliphatic carbocycles. The lowest BCUT2D eigenvalue weighted by Gasteiger charge is -2.23. The van der Waals surface area contributed by atoms with Crippen LogP contribution in [-0.4, -0.2) is 17.2 Å². The van der Waals surface area contributed by atoms with Crippen molar-refractivity contribution in [3.05, 3.63) is 0 Å². The van der Waals surface area contributed by atoms with Crippen LogP contribution >= 0.6 is 15.2 Å². The van der Waals surface area contributed by atoms with E-state index in [1.165, 1.54) is 13.8 Å². The van der Waals surface area contributed by atoms with Gasteiger partial charge in [0.2, 0.25) is 0 Å². The van der Waals surface area contributed by atoms with Crippen molar-refractivity contribution in [1.29, 1.82) is 0 Å². The zero-order chi connectivity index (χ0) is 9.12. The average molecular weight is 201 g/mol. The van der Waals surface area contributed by atoms with Gasteiger partial charge in [0.25, 0.3) is 0 Å². The fraction of sp³-hybridized carbons (Fsp3) is 1.00. The van der Waals surface area contributed by atoms with Crippen molar-refractivity contribution in [3.8, 4) is 0 Å². The van der Waals surface area contributed by atoms with Crippen molar-refractivity contribution in [2.24, 2.45) is 0 Å². The summed E-state index contributed by atoms with van der Waals surface area (Å²) in [6, 6.07) is 0. The molecule has 0 aromatic heterocycles. The highest BCUT2D eigenvalue weighted by atomic mass is 31.3. The quantitative estimate of drug-likeness (QED) is 0.679. The molecule has 68 valence electrons. The molecule has 5 nitrogen and oxygen atoms in total. The third-order valence-corrected chi connectivity index (χ3v) is 4.63. The van der Waals surface area contributed by atoms with Crippen LogP contribution in [0.1, 0.15) is 13.8 Å². The van der Waals surface area contributed by atoms with E-state index in [1.807, 2.05) is 0 Å². The van der Waals surface area contributed by atoms with Crippen molar-refractivity contribution >= 4 is 15.2 Å². The van der Waals surface area contributed by atoms with Crippen molar-refractivity contribution in [2.75, 3.05) is 12.3 Å². The second-order valence-electron chi connectivity index (χ2n) is 1.96. The zero-order valence-corrected chi connectivity index (χ0v) is 8.18. The lowest BCUT2D eigenvalue weighted by atomic mass is 11.0. The molecule has 0 fully saturated rings. The van der Waals surface area contributed by atoms with E-state index in [-0.39, 0.29) is 12.3 Å². The van der Waals surface area contributed by atoms with Crippen LogP contribution in [0.2, 0.25) is 0 Å². The Labute approximate surface area is 65.5 Å². The molecule has 0 amide bonds. The fourth-order valence-electron chi connectivity index (χ4n) is 0.310. The van der Waals surface area contributed by atoms with Crippen LogP contribution in [0, 0.1) is 0 Å². The molecule has 2 unspecified atom stereocenters. The van der Waals surface area contributed by atoms with Gasteiger partial charge < -0.3 is 14.4 Å². The number of rotatable bonds is 4. The highest BCUT2D eigenvalue weighted by Gasteiger charge is 2.21. The Balaban J connectivity index is 4.26. The third-order valence-electron chi connectivity index (χ3n) is 1.04. The van der Waals surface area contributed by atoms with Crippen LogP contribution in [-0.2, 0) is 13.4 Å². The van der Waals surface area contributed by atoms with Crippen LogP contribution < -0.4 is 4.89 Å². The van der Waals surface area contributed by atoms with Crippen LogP contribution in [0.4, 0.5) is 0 Å². The summed E-state index contributed by atoms with van der Waals surface area (Å²) in [5.41, 5.74) is 0. The first kappa shape index (κ1) is 11.3. The highest BCUT2D eigenvalue weighted by Crippen LogP contribution is 2.56. The Bertz CT molecular complexity index is 191. The molecular formula is C4H11O5P2-. The molecule has 0 aliphatic rings. The highest BCUT2D eigenvalue weighted by molar-refractivity contribution is 7.65. The minimum absolute atomic E-state index is 0.195. The molecule has 0 rings (SSSR count). The SMILES string of the molecule is CCP(=O)([O-])OP(=O)(O)CC. The van der Waals surface area contributed by atoms with E-state index in [4.69, 9.17) is 4.89 Å². The van der Waals surface area contributed by atoms with Gasteiger partial charge in [-0.3, -0.25) is 8.88 Å². The van der Waals surface area contributed by atoms with Gasteiger partial charge in [-0.15, -0.1) is 0 Å². The number of hydrogen-bond donors (Lipinski definition) is 1. The topological polar surface area (TPSA) is 86.7 Å². The Morgan fingerprint density at radius 3 is 2.09 bits per heavy atom. The Hall–Kier alpha value is 0.340. The van der Waals surface area contributed by atoms with Gasteiger partial charge in [0, 0.05) is 12.3 Å². The largest absolute Gasteiger partial charge is 0.778 e. The van der Waals surface area contributed by atoms with E-state index in [0.29, 0.717) is 0 Å². The lowest BCUT2D eigenvalue weighted by molar-refractivity contribution is -0.190. The fourth-order valence-corrected chi connectivity index (χ4v) is 2.79. The van der Waals surface area contributed by atoms with Crippen LogP contribution in [0.3, 0.4) is 0 Å². The molecule has 1 N–H and O–H groups in total. The van der Waals surface area contributed by atoms with Gasteiger partial charge >= 0.3 is 7.60 Å². The van der Waals surface area contributed by atoms with E-state index in [1.54, 1.807) is 0 Å². The van der Waals surface area contributed by atoms with E-state index >= 15 is 0 Å². The van der Waals surface area contributed by atoms with Crippen molar-refractivity contribution < 1.29 is 23.2 Å². The van der Waals surface area contributed by atoms with Gasteiger partial charge in [0.15, 0.2) is 0 Å². The minimum atomic E-state index is -4.07. The predicted octanol–water partition coefficient (Wildman–Crippen LogP) is 0.782. The molecule has 0 aromatic rings. The summed E-state index contributed by atoms with van der Waals surface area (Å²) in [6.45, 7) is 2.74. The van der Waals surface area contributed by atoms with E-state index in [9.17, 15) is 14.0 Å². The summed E-state index contributed by atoms with van der Waals surface area (Å²) in [5, 5.41) is 0. The van der Waals surface area contributed by atoms with Crippen molar-refractivity contribution in [3.63, 3.8) is 0 Å². The average Bonchev–Trinajstić information content (AvgIpc) is 1.86. The second-order valence-corrected chi connectivity index (χ2v) is 6.38. The molecule has 0 saturated heterocycles. The molecular weight excluding hydrogens is 190 g/mol. The molecule has 0 aromatic carbocycles. The lowest BCUT2D eigenvalue weighted by Crippen LogP contribution is -2.05. The van der Waals surface area contributed by atoms with Gasteiger partial charge in [-0.25, -0.2) is 0 Å². The summed E-state index contributed by atoms with van der Waals surface area (Å²) in [4.78, 5) is 19.4. The maximum Gasteiger partial charge on any atom is 0.332 e. The summed E-state index contributed by atoms with van der Waals surface area (Å²) in [5.74, 6) is 0. The predicted molar refractivity (Wildman–Crippen MR) is 39.6 cm³/mol. The van der Waals surface area contributed by atoms with E-state index in [2.05, 4.69) is 4.31 Å². The van der Waals surface area contributed by atoms with Gasteiger partial charge in [-0.05, 0) is 0 Å². The maximum atomic E-state index is 10.7. The van der Waals surface area contributed by atoms with Crippen LogP contribution in [0.25, 0.3) is 0 Å². The summed E-state index contributed by atoms with van der Waals surface area (Å²) < 4.78 is 25.4. The standard InChI is InChI=1S/C4H12O5P2/c1-3-10(5,6)9-11(7,8)4-2/h3-4H2,1-2H3,(H,5,6)(H,7,8)/p-1. The Morgan fingerprint density at radius 2 is 1.82 bits per heavy atom. The molecule has 2 atom stereocenters. The molecule has 0 radical (unpaired) electrons. The molecule has 0 aliphatic heterocycles. The molecule has 7 heteroatoms. The van der Waals surface area contributed by atoms with Gasteiger partial charge in [-0.1, -0.05) is 13.8 Å². The molecule has 0 spiro atoms. The van der Waals surface area contributed by atoms with E-state index in [0.717, 1.165) is 0 Å². The molecule has 11 heavy (non-hydrogen) atoms. The first-order valence-corrected chi connectivity index (χ1v) is 6.65. The molecule has 0 bridgehead atoms. The van der Waals surface area contributed by atoms with Crippen molar-refractivity contribution in [1.82, 2.24) is 0 Å². The normalized spacial score (nSPS) is 22.2. The Kier molecular flexibility index (Phi) is 3.95. The van der Waals surface area contributed by atoms with Gasteiger partial charge in [0.05, 0.1) is 0 Å². The smallest absolute Gasteiger partial charge is 0.332 e. The minimum Gasteiger partial charge on any atom is -0.778 e. The van der Waals surface area contributed by atoms with Gasteiger partial charge in [-0.2, -0.15) is 0 Å². The molecule has 0 saturated carbocycles. The van der Waals surface area contributed by atoms with E-state index < -0.39 is 15.2 Å². The first-order chi connectivity index (χ1) is 4.83. The number of hydrogen-bond acceptors (Lipinski definition) is 4. The molecule has 0 heterocycles. The van der Waals surface area contributed by atoms with Crippen molar-refractivity contribution in [2.45, 2.75) is 13.8 Å². The second kappa shape index (κ2) is 3.83. The monoisotopic (exact) mass is 201 g/mol. The summed E-state index contributed by atoms with van der Waals surface area (Å²) in [6.07, 6.45) is -0.462. The van der Waals surface area contributed by atoms with Crippen LogP contribution in [0.5, 0.6) is 0 Å². The summed E-state index contributed by atoms with van der Waals surface area (Å²) in [7, 11) is -7.96. The van der Waals surface area contributed by atoms with Gasteiger partial charge in [0.1, 0.15) is 7.60 Å². The zero-order valence-electron chi connectivity index (χ0n) is 6.39. The Morgan fingerprint density at radius 1 is 1.36 bits per heavy atom. The maximum absolute atomic E-state index is 10.7. The summed E-state index contributed by atoms with van der Waals surface area (Å²) >= 11 is 0.